The fourth-order valence-electron chi connectivity index (χ4n) is 5.94. The first-order chi connectivity index (χ1) is 19.7. The van der Waals surface area contributed by atoms with Gasteiger partial charge in [0, 0.05) is 49.5 Å². The molecule has 14 heteroatoms. The summed E-state index contributed by atoms with van der Waals surface area (Å²) < 4.78 is 33.8. The van der Waals surface area contributed by atoms with Gasteiger partial charge in [0.1, 0.15) is 12.1 Å². The number of carbonyl (C=O) groups is 3. The highest BCUT2D eigenvalue weighted by Crippen LogP contribution is 2.38. The Labute approximate surface area is 238 Å². The minimum atomic E-state index is -1.08. The van der Waals surface area contributed by atoms with Gasteiger partial charge < -0.3 is 25.0 Å². The molecule has 2 amide bonds. The maximum Gasteiger partial charge on any atom is 0.338 e. The Hall–Kier alpha value is -3.91. The first-order valence-corrected chi connectivity index (χ1v) is 14.1. The number of aromatic nitrogens is 1. The van der Waals surface area contributed by atoms with E-state index in [1.807, 2.05) is 0 Å². The van der Waals surface area contributed by atoms with Crippen LogP contribution in [0.25, 0.3) is 0 Å². The maximum absolute atomic E-state index is 14.7. The third-order valence-electron chi connectivity index (χ3n) is 8.11. The molecule has 4 heterocycles. The van der Waals surface area contributed by atoms with Crippen LogP contribution in [0.1, 0.15) is 35.0 Å². The number of aliphatic imine (C=N–C) groups is 1. The predicted molar refractivity (Wildman–Crippen MR) is 143 cm³/mol. The van der Waals surface area contributed by atoms with Crippen LogP contribution in [0.5, 0.6) is 0 Å². The van der Waals surface area contributed by atoms with Crippen LogP contribution >= 0.6 is 11.3 Å². The third-order valence-corrected chi connectivity index (χ3v) is 8.89. The van der Waals surface area contributed by atoms with Crippen LogP contribution in [0, 0.1) is 18.6 Å². The van der Waals surface area contributed by atoms with Crippen molar-refractivity contribution in [2.24, 2.45) is 4.99 Å². The summed E-state index contributed by atoms with van der Waals surface area (Å²) in [4.78, 5) is 53.0. The van der Waals surface area contributed by atoms with Gasteiger partial charge in [0.05, 0.1) is 18.7 Å². The number of fused-ring (bicyclic) bond motifs is 1. The standard InChI is InChI=1S/C27H28F2N6O5S/c1-13-15(5-6-16(28)20(13)29)21-19(26(38)40-2)17(31-23(32-21)24-30-7-10-41-24)11-33-8-9-34-18(22(33)25(36)37)12-35(27(34)39)14-3-4-14/h5-7,10,14,18,21-22H,3-4,8-9,11-12H2,1-2H3,(H,31,32)(H,36,37). The zero-order valence-corrected chi connectivity index (χ0v) is 23.2. The van der Waals surface area contributed by atoms with E-state index in [0.717, 1.165) is 18.9 Å². The molecule has 0 bridgehead atoms. The van der Waals surface area contributed by atoms with Crippen molar-refractivity contribution in [1.82, 2.24) is 25.0 Å². The van der Waals surface area contributed by atoms with Crippen molar-refractivity contribution >= 4 is 35.1 Å². The van der Waals surface area contributed by atoms with E-state index in [2.05, 4.69) is 15.3 Å². The summed E-state index contributed by atoms with van der Waals surface area (Å²) in [6.45, 7) is 2.28. The number of ether oxygens (including phenoxy) is 1. The van der Waals surface area contributed by atoms with E-state index in [9.17, 15) is 28.3 Å². The molecular formula is C27H28F2N6O5S. The summed E-state index contributed by atoms with van der Waals surface area (Å²) in [6, 6.07) is -0.289. The molecule has 0 spiro atoms. The highest BCUT2D eigenvalue weighted by atomic mass is 32.1. The van der Waals surface area contributed by atoms with Crippen LogP contribution in [0.2, 0.25) is 0 Å². The Balaban J connectivity index is 1.41. The summed E-state index contributed by atoms with van der Waals surface area (Å²) in [7, 11) is 1.21. The van der Waals surface area contributed by atoms with E-state index in [1.165, 1.54) is 31.4 Å². The van der Waals surface area contributed by atoms with Gasteiger partial charge in [0.25, 0.3) is 0 Å². The highest BCUT2D eigenvalue weighted by molar-refractivity contribution is 7.11. The molecule has 6 rings (SSSR count). The number of aliphatic carboxylic acids is 1. The van der Waals surface area contributed by atoms with Gasteiger partial charge in [-0.1, -0.05) is 6.07 Å². The lowest BCUT2D eigenvalue weighted by Gasteiger charge is -2.42. The molecule has 2 aromatic rings. The number of halogens is 2. The topological polar surface area (TPSA) is 128 Å². The molecule has 216 valence electrons. The predicted octanol–water partition coefficient (Wildman–Crippen LogP) is 2.29. The van der Waals surface area contributed by atoms with Crippen molar-refractivity contribution in [2.45, 2.75) is 43.9 Å². The van der Waals surface area contributed by atoms with Crippen LogP contribution in [0.15, 0.2) is 40.0 Å². The second kappa shape index (κ2) is 10.5. The Morgan fingerprint density at radius 3 is 2.66 bits per heavy atom. The van der Waals surface area contributed by atoms with Crippen molar-refractivity contribution in [3.05, 3.63) is 62.7 Å². The number of esters is 1. The van der Waals surface area contributed by atoms with E-state index in [1.54, 1.807) is 26.3 Å². The van der Waals surface area contributed by atoms with Gasteiger partial charge in [0.2, 0.25) is 0 Å². The Bertz CT molecular complexity index is 1480. The Kier molecular flexibility index (Phi) is 6.98. The number of carboxylic acids is 1. The van der Waals surface area contributed by atoms with E-state index >= 15 is 0 Å². The van der Waals surface area contributed by atoms with Crippen LogP contribution < -0.4 is 5.32 Å². The van der Waals surface area contributed by atoms with E-state index in [4.69, 9.17) is 4.74 Å². The fourth-order valence-corrected chi connectivity index (χ4v) is 6.52. The molecule has 2 saturated heterocycles. The smallest absolute Gasteiger partial charge is 0.338 e. The van der Waals surface area contributed by atoms with Crippen LogP contribution in [0.3, 0.4) is 0 Å². The van der Waals surface area contributed by atoms with Gasteiger partial charge >= 0.3 is 18.0 Å². The van der Waals surface area contributed by atoms with Crippen molar-refractivity contribution < 1.29 is 33.0 Å². The molecule has 0 radical (unpaired) electrons. The van der Waals surface area contributed by atoms with Crippen molar-refractivity contribution in [1.29, 1.82) is 0 Å². The lowest BCUT2D eigenvalue weighted by Crippen LogP contribution is -2.62. The lowest BCUT2D eigenvalue weighted by molar-refractivity contribution is -0.147. The van der Waals surface area contributed by atoms with E-state index in [0.29, 0.717) is 29.6 Å². The van der Waals surface area contributed by atoms with Crippen LogP contribution in [-0.4, -0.2) is 100 Å². The molecule has 41 heavy (non-hydrogen) atoms. The molecule has 3 aliphatic heterocycles. The van der Waals surface area contributed by atoms with Crippen molar-refractivity contribution in [2.75, 3.05) is 33.3 Å². The Morgan fingerprint density at radius 1 is 1.22 bits per heavy atom. The van der Waals surface area contributed by atoms with Gasteiger partial charge in [-0.2, -0.15) is 0 Å². The fraction of sp³-hybridized carbons (Fsp3) is 0.444. The number of amidine groups is 1. The van der Waals surface area contributed by atoms with Crippen molar-refractivity contribution in [3.8, 4) is 0 Å². The monoisotopic (exact) mass is 586 g/mol. The number of methoxy groups -OCH3 is 1. The SMILES string of the molecule is COC(=O)C1=C(CN2CCN3C(=O)N(C4CC4)CC3C2C(=O)O)NC(c2nccs2)=NC1c1ccc(F)c(F)c1C. The van der Waals surface area contributed by atoms with Gasteiger partial charge in [-0.3, -0.25) is 14.7 Å². The molecule has 2 N–H and O–H groups in total. The summed E-state index contributed by atoms with van der Waals surface area (Å²) in [5.74, 6) is -3.60. The van der Waals surface area contributed by atoms with E-state index < -0.39 is 41.7 Å². The lowest BCUT2D eigenvalue weighted by atomic mass is 9.91. The molecule has 1 aromatic carbocycles. The van der Waals surface area contributed by atoms with Crippen LogP contribution in [0.4, 0.5) is 13.6 Å². The molecule has 1 aromatic heterocycles. The summed E-state index contributed by atoms with van der Waals surface area (Å²) in [5, 5.41) is 15.7. The van der Waals surface area contributed by atoms with Gasteiger partial charge in [0.15, 0.2) is 22.5 Å². The van der Waals surface area contributed by atoms with Gasteiger partial charge in [-0.05, 0) is 37.0 Å². The number of hydrogen-bond donors (Lipinski definition) is 2. The second-order valence-electron chi connectivity index (χ2n) is 10.5. The minimum Gasteiger partial charge on any atom is -0.480 e. The summed E-state index contributed by atoms with van der Waals surface area (Å²) in [6.07, 6.45) is 3.41. The average Bonchev–Trinajstić information content (AvgIpc) is 3.53. The molecule has 11 nitrogen and oxygen atoms in total. The zero-order valence-electron chi connectivity index (χ0n) is 22.3. The normalized spacial score (nSPS) is 24.7. The number of benzene rings is 1. The molecular weight excluding hydrogens is 558 g/mol. The molecule has 4 aliphatic rings. The van der Waals surface area contributed by atoms with Crippen LogP contribution in [-0.2, 0) is 14.3 Å². The number of thiazole rings is 1. The molecule has 3 fully saturated rings. The van der Waals surface area contributed by atoms with Crippen molar-refractivity contribution in [3.63, 3.8) is 0 Å². The average molecular weight is 587 g/mol. The number of hydrogen-bond acceptors (Lipinski definition) is 9. The molecule has 1 aliphatic carbocycles. The second-order valence-corrected chi connectivity index (χ2v) is 11.4. The van der Waals surface area contributed by atoms with E-state index in [-0.39, 0.29) is 41.9 Å². The largest absolute Gasteiger partial charge is 0.480 e. The first kappa shape index (κ1) is 27.3. The molecule has 3 unspecified atom stereocenters. The number of nitrogens with one attached hydrogen (secondary N) is 1. The number of nitrogens with zero attached hydrogens (tertiary/aromatic N) is 5. The minimum absolute atomic E-state index is 0.0124. The number of rotatable bonds is 7. The number of piperazine rings is 1. The number of carbonyl (C=O) groups excluding carboxylic acids is 2. The molecule has 3 atom stereocenters. The number of urea groups is 1. The Morgan fingerprint density at radius 2 is 2.00 bits per heavy atom. The molecule has 1 saturated carbocycles. The van der Waals surface area contributed by atoms with Gasteiger partial charge in [-0.15, -0.1) is 11.3 Å². The first-order valence-electron chi connectivity index (χ1n) is 13.2. The highest BCUT2D eigenvalue weighted by Gasteiger charge is 2.52. The third kappa shape index (κ3) is 4.74. The summed E-state index contributed by atoms with van der Waals surface area (Å²) in [5.41, 5.74) is 0.616. The summed E-state index contributed by atoms with van der Waals surface area (Å²) >= 11 is 1.29. The quantitative estimate of drug-likeness (QED) is 0.474. The maximum atomic E-state index is 14.7. The van der Waals surface area contributed by atoms with Gasteiger partial charge in [-0.25, -0.2) is 23.4 Å². The number of carboxylic acid groups (broad SMARTS) is 1. The zero-order chi connectivity index (χ0) is 29.0. The number of amides is 2.